The van der Waals surface area contributed by atoms with Gasteiger partial charge in [0.05, 0.1) is 33.5 Å². The summed E-state index contributed by atoms with van der Waals surface area (Å²) in [7, 11) is 3.00. The summed E-state index contributed by atoms with van der Waals surface area (Å²) in [4.78, 5) is 29.9. The van der Waals surface area contributed by atoms with Gasteiger partial charge >= 0.3 is 5.97 Å². The third-order valence-corrected chi connectivity index (χ3v) is 5.54. The van der Waals surface area contributed by atoms with E-state index < -0.39 is 12.1 Å². The topological polar surface area (TPSA) is 126 Å². The van der Waals surface area contributed by atoms with Crippen molar-refractivity contribution in [3.05, 3.63) is 47.0 Å². The highest BCUT2D eigenvalue weighted by Crippen LogP contribution is 2.52. The number of amides is 1. The molecule has 0 saturated heterocycles. The minimum Gasteiger partial charge on any atom is -0.492 e. The third kappa shape index (κ3) is 5.35. The Labute approximate surface area is 207 Å². The fourth-order valence-corrected chi connectivity index (χ4v) is 3.98. The Morgan fingerprint density at radius 3 is 2.61 bits per heavy atom. The smallest absolute Gasteiger partial charge is 0.356 e. The second-order valence-corrected chi connectivity index (χ2v) is 7.87. The van der Waals surface area contributed by atoms with Crippen LogP contribution in [0.3, 0.4) is 0 Å². The molecule has 2 aromatic rings. The van der Waals surface area contributed by atoms with Crippen LogP contribution in [0.2, 0.25) is 0 Å². The fraction of sp³-hybridized carbons (Fsp3) is 0.360. The van der Waals surface area contributed by atoms with Gasteiger partial charge < -0.3 is 28.5 Å². The molecule has 2 aliphatic rings. The molecule has 0 radical (unpaired) electrons. The summed E-state index contributed by atoms with van der Waals surface area (Å²) in [6.07, 6.45) is 1.71. The number of methoxy groups -OCH3 is 2. The molecule has 11 heteroatoms. The van der Waals surface area contributed by atoms with Crippen LogP contribution in [-0.4, -0.2) is 57.5 Å². The molecule has 1 N–H and O–H groups in total. The van der Waals surface area contributed by atoms with Crippen LogP contribution in [0.15, 0.2) is 40.6 Å². The van der Waals surface area contributed by atoms with E-state index in [-0.39, 0.29) is 44.3 Å². The van der Waals surface area contributed by atoms with Crippen LogP contribution >= 0.6 is 0 Å². The molecule has 2 heterocycles. The summed E-state index contributed by atoms with van der Waals surface area (Å²) < 4.78 is 27.6. The van der Waals surface area contributed by atoms with E-state index in [2.05, 4.69) is 15.7 Å². The van der Waals surface area contributed by atoms with E-state index in [0.717, 1.165) is 5.56 Å². The Bertz CT molecular complexity index is 1180. The van der Waals surface area contributed by atoms with Crippen molar-refractivity contribution in [2.45, 2.75) is 32.3 Å². The number of nitrogens with zero attached hydrogens (tertiary/aromatic N) is 2. The SMILES string of the molecule is CCOC(=O)C1=NOC(Cc2c(/C=N/NC(=O)Cc3ccccc3)c3c(c(OC)c2OC)OCO3)C1. The number of rotatable bonds is 10. The number of hydrazone groups is 1. The summed E-state index contributed by atoms with van der Waals surface area (Å²) in [5.41, 5.74) is 4.76. The number of nitrogens with one attached hydrogen (secondary N) is 1. The number of carbonyl (C=O) groups excluding carboxylic acids is 2. The van der Waals surface area contributed by atoms with E-state index in [1.807, 2.05) is 30.3 Å². The van der Waals surface area contributed by atoms with E-state index in [9.17, 15) is 9.59 Å². The van der Waals surface area contributed by atoms with Crippen molar-refractivity contribution < 1.29 is 38.1 Å². The first-order chi connectivity index (χ1) is 17.5. The molecule has 0 fully saturated rings. The van der Waals surface area contributed by atoms with Gasteiger partial charge in [-0.15, -0.1) is 0 Å². The van der Waals surface area contributed by atoms with E-state index >= 15 is 0 Å². The van der Waals surface area contributed by atoms with Crippen molar-refractivity contribution in [3.8, 4) is 23.0 Å². The molecule has 11 nitrogen and oxygen atoms in total. The number of ether oxygens (including phenoxy) is 5. The minimum absolute atomic E-state index is 0.0183. The van der Waals surface area contributed by atoms with Crippen LogP contribution in [0.1, 0.15) is 30.0 Å². The van der Waals surface area contributed by atoms with Gasteiger partial charge in [-0.3, -0.25) is 4.79 Å². The Kier molecular flexibility index (Phi) is 7.89. The van der Waals surface area contributed by atoms with Crippen molar-refractivity contribution in [1.82, 2.24) is 5.43 Å². The van der Waals surface area contributed by atoms with Crippen LogP contribution < -0.4 is 24.4 Å². The predicted molar refractivity (Wildman–Crippen MR) is 129 cm³/mol. The molecule has 1 atom stereocenters. The zero-order valence-corrected chi connectivity index (χ0v) is 20.2. The molecule has 190 valence electrons. The molecular weight excluding hydrogens is 470 g/mol. The Morgan fingerprint density at radius 1 is 1.14 bits per heavy atom. The lowest BCUT2D eigenvalue weighted by Gasteiger charge is -2.19. The number of fused-ring (bicyclic) bond motifs is 1. The average molecular weight is 498 g/mol. The van der Waals surface area contributed by atoms with Crippen LogP contribution in [0, 0.1) is 0 Å². The minimum atomic E-state index is -0.516. The van der Waals surface area contributed by atoms with Gasteiger partial charge in [0, 0.05) is 24.0 Å². The van der Waals surface area contributed by atoms with Crippen molar-refractivity contribution in [3.63, 3.8) is 0 Å². The Morgan fingerprint density at radius 2 is 1.89 bits per heavy atom. The molecule has 0 spiro atoms. The maximum Gasteiger partial charge on any atom is 0.356 e. The van der Waals surface area contributed by atoms with Crippen LogP contribution in [0.5, 0.6) is 23.0 Å². The molecule has 1 unspecified atom stereocenters. The van der Waals surface area contributed by atoms with Gasteiger partial charge in [0.25, 0.3) is 0 Å². The number of hydrogen-bond donors (Lipinski definition) is 1. The van der Waals surface area contributed by atoms with E-state index in [1.54, 1.807) is 6.92 Å². The summed E-state index contributed by atoms with van der Waals surface area (Å²) in [6.45, 7) is 1.95. The number of carbonyl (C=O) groups is 2. The summed E-state index contributed by atoms with van der Waals surface area (Å²) >= 11 is 0. The highest BCUT2D eigenvalue weighted by Gasteiger charge is 2.34. The highest BCUT2D eigenvalue weighted by atomic mass is 16.7. The number of hydrogen-bond acceptors (Lipinski definition) is 10. The maximum absolute atomic E-state index is 12.4. The molecular formula is C25H27N3O8. The maximum atomic E-state index is 12.4. The fourth-order valence-electron chi connectivity index (χ4n) is 3.98. The van der Waals surface area contributed by atoms with Crippen molar-refractivity contribution >= 4 is 23.8 Å². The molecule has 0 aliphatic carbocycles. The van der Waals surface area contributed by atoms with E-state index in [1.165, 1.54) is 20.4 Å². The first-order valence-electron chi connectivity index (χ1n) is 11.4. The zero-order chi connectivity index (χ0) is 25.5. The molecule has 36 heavy (non-hydrogen) atoms. The predicted octanol–water partition coefficient (Wildman–Crippen LogP) is 2.38. The standard InChI is InChI=1S/C25H27N3O8/c1-4-33-25(30)19-12-16(36-28-19)11-17-18(13-26-27-20(29)10-15-8-6-5-7-9-15)22-24(35-14-34-22)23(32-3)21(17)31-2/h5-9,13,16H,4,10-12,14H2,1-3H3,(H,27,29)/b26-13+. The zero-order valence-electron chi connectivity index (χ0n) is 20.2. The van der Waals surface area contributed by atoms with Crippen LogP contribution in [-0.2, 0) is 32.0 Å². The first-order valence-corrected chi connectivity index (χ1v) is 11.4. The second-order valence-electron chi connectivity index (χ2n) is 7.87. The monoisotopic (exact) mass is 497 g/mol. The van der Waals surface area contributed by atoms with Gasteiger partial charge in [-0.25, -0.2) is 10.2 Å². The van der Waals surface area contributed by atoms with Gasteiger partial charge in [0.2, 0.25) is 24.2 Å². The van der Waals surface area contributed by atoms with Crippen molar-refractivity contribution in [2.75, 3.05) is 27.6 Å². The van der Waals surface area contributed by atoms with Crippen LogP contribution in [0.4, 0.5) is 0 Å². The number of benzene rings is 2. The Balaban J connectivity index is 1.59. The van der Waals surface area contributed by atoms with Gasteiger partial charge in [-0.2, -0.15) is 5.10 Å². The summed E-state index contributed by atoms with van der Waals surface area (Å²) in [5, 5.41) is 8.03. The average Bonchev–Trinajstić information content (AvgIpc) is 3.55. The lowest BCUT2D eigenvalue weighted by molar-refractivity contribution is -0.135. The second kappa shape index (κ2) is 11.4. The van der Waals surface area contributed by atoms with E-state index in [0.29, 0.717) is 34.1 Å². The number of oxime groups is 1. The lowest BCUT2D eigenvalue weighted by atomic mass is 9.96. The Hall–Kier alpha value is -4.28. The quantitative estimate of drug-likeness (QED) is 0.301. The van der Waals surface area contributed by atoms with Crippen LogP contribution in [0.25, 0.3) is 0 Å². The van der Waals surface area contributed by atoms with Gasteiger partial charge in [0.1, 0.15) is 6.10 Å². The molecule has 2 aliphatic heterocycles. The molecule has 0 aromatic heterocycles. The molecule has 4 rings (SSSR count). The summed E-state index contributed by atoms with van der Waals surface area (Å²) in [6, 6.07) is 9.34. The largest absolute Gasteiger partial charge is 0.492 e. The highest BCUT2D eigenvalue weighted by molar-refractivity contribution is 6.36. The van der Waals surface area contributed by atoms with Crippen molar-refractivity contribution in [2.24, 2.45) is 10.3 Å². The van der Waals surface area contributed by atoms with Gasteiger partial charge in [-0.05, 0) is 12.5 Å². The summed E-state index contributed by atoms with van der Waals surface area (Å²) in [5.74, 6) is 0.721. The molecule has 1 amide bonds. The van der Waals surface area contributed by atoms with Gasteiger partial charge in [-0.1, -0.05) is 35.5 Å². The van der Waals surface area contributed by atoms with E-state index in [4.69, 9.17) is 28.5 Å². The molecule has 0 bridgehead atoms. The van der Waals surface area contributed by atoms with Gasteiger partial charge in [0.15, 0.2) is 17.2 Å². The third-order valence-electron chi connectivity index (χ3n) is 5.54. The number of esters is 1. The normalized spacial score (nSPS) is 15.9. The lowest BCUT2D eigenvalue weighted by Crippen LogP contribution is -2.21. The molecule has 2 aromatic carbocycles. The first kappa shape index (κ1) is 24.8. The molecule has 0 saturated carbocycles. The van der Waals surface area contributed by atoms with Crippen molar-refractivity contribution in [1.29, 1.82) is 0 Å².